The highest BCUT2D eigenvalue weighted by molar-refractivity contribution is 7.89. The van der Waals surface area contributed by atoms with Crippen molar-refractivity contribution in [1.29, 1.82) is 0 Å². The van der Waals surface area contributed by atoms with E-state index in [0.29, 0.717) is 30.1 Å². The predicted octanol–water partition coefficient (Wildman–Crippen LogP) is 3.59. The Kier molecular flexibility index (Phi) is 5.74. The molecule has 3 rings (SSSR count). The van der Waals surface area contributed by atoms with E-state index in [1.165, 1.54) is 4.31 Å². The molecule has 6 nitrogen and oxygen atoms in total. The lowest BCUT2D eigenvalue weighted by atomic mass is 10.0. The number of aryl methyl sites for hydroxylation is 1. The van der Waals surface area contributed by atoms with E-state index >= 15 is 0 Å². The summed E-state index contributed by atoms with van der Waals surface area (Å²) in [5.74, 6) is -0.00970. The van der Waals surface area contributed by atoms with Crippen molar-refractivity contribution in [3.63, 3.8) is 0 Å². The summed E-state index contributed by atoms with van der Waals surface area (Å²) in [6, 6.07) is 12.7. The Hall–Kier alpha value is -2.09. The molecule has 144 valence electrons. The quantitative estimate of drug-likeness (QED) is 0.791. The van der Waals surface area contributed by atoms with Gasteiger partial charge in [-0.3, -0.25) is 0 Å². The zero-order valence-electron chi connectivity index (χ0n) is 14.9. The highest BCUT2D eigenvalue weighted by Gasteiger charge is 2.33. The van der Waals surface area contributed by atoms with Crippen LogP contribution in [0.4, 0.5) is 4.79 Å². The molecule has 1 atom stereocenters. The lowest BCUT2D eigenvalue weighted by Crippen LogP contribution is -2.32. The first-order valence-corrected chi connectivity index (χ1v) is 10.4. The summed E-state index contributed by atoms with van der Waals surface area (Å²) >= 11 is 5.92. The number of carboxylic acid groups (broad SMARTS) is 1. The number of halogens is 1. The van der Waals surface area contributed by atoms with Crippen LogP contribution >= 0.6 is 11.6 Å². The van der Waals surface area contributed by atoms with E-state index in [4.69, 9.17) is 16.7 Å². The van der Waals surface area contributed by atoms with E-state index in [2.05, 4.69) is 5.32 Å². The first kappa shape index (κ1) is 19.7. The first-order chi connectivity index (χ1) is 12.8. The second kappa shape index (κ2) is 7.88. The van der Waals surface area contributed by atoms with Crippen LogP contribution < -0.4 is 5.32 Å². The number of hydrogen-bond acceptors (Lipinski definition) is 3. The van der Waals surface area contributed by atoms with Crippen LogP contribution in [-0.2, 0) is 10.0 Å². The molecule has 1 fully saturated rings. The Morgan fingerprint density at radius 3 is 2.52 bits per heavy atom. The third-order valence-corrected chi connectivity index (χ3v) is 7.04. The van der Waals surface area contributed by atoms with Crippen LogP contribution in [0, 0.1) is 12.8 Å². The topological polar surface area (TPSA) is 86.7 Å². The molecule has 1 saturated heterocycles. The number of hydrogen-bond donors (Lipinski definition) is 2. The fraction of sp³-hybridized carbons (Fsp3) is 0.316. The maximum absolute atomic E-state index is 13.0. The number of benzene rings is 2. The molecule has 1 heterocycles. The van der Waals surface area contributed by atoms with Gasteiger partial charge >= 0.3 is 6.09 Å². The fourth-order valence-electron chi connectivity index (χ4n) is 3.31. The summed E-state index contributed by atoms with van der Waals surface area (Å²) in [7, 11) is -3.61. The molecule has 1 aliphatic rings. The molecule has 0 unspecified atom stereocenters. The number of nitrogens with zero attached hydrogens (tertiary/aromatic N) is 1. The summed E-state index contributed by atoms with van der Waals surface area (Å²) in [5, 5.41) is 11.7. The van der Waals surface area contributed by atoms with Crippen LogP contribution in [-0.4, -0.2) is 43.6 Å². The van der Waals surface area contributed by atoms with Crippen LogP contribution in [0.1, 0.15) is 12.0 Å². The van der Waals surface area contributed by atoms with Gasteiger partial charge in [0.1, 0.15) is 0 Å². The van der Waals surface area contributed by atoms with E-state index in [1.807, 2.05) is 18.2 Å². The van der Waals surface area contributed by atoms with Crippen molar-refractivity contribution >= 4 is 27.7 Å². The van der Waals surface area contributed by atoms with Crippen molar-refractivity contribution in [3.8, 4) is 11.1 Å². The van der Waals surface area contributed by atoms with Gasteiger partial charge in [0.05, 0.1) is 4.90 Å². The Morgan fingerprint density at radius 1 is 1.22 bits per heavy atom. The van der Waals surface area contributed by atoms with Crippen molar-refractivity contribution in [1.82, 2.24) is 9.62 Å². The smallest absolute Gasteiger partial charge is 0.404 e. The molecule has 0 radical (unpaired) electrons. The van der Waals surface area contributed by atoms with E-state index in [9.17, 15) is 13.2 Å². The van der Waals surface area contributed by atoms with Gasteiger partial charge in [-0.2, -0.15) is 4.31 Å². The zero-order valence-corrected chi connectivity index (χ0v) is 16.4. The third kappa shape index (κ3) is 4.43. The van der Waals surface area contributed by atoms with Crippen molar-refractivity contribution in [2.24, 2.45) is 5.92 Å². The van der Waals surface area contributed by atoms with Crippen LogP contribution in [0.2, 0.25) is 5.02 Å². The van der Waals surface area contributed by atoms with Gasteiger partial charge in [0.2, 0.25) is 10.0 Å². The standard InChI is InChI=1S/C19H21ClN2O4S/c1-13-10-16(15-2-5-17(20)6-3-15)4-7-18(13)27(25,26)22-9-8-14(12-22)11-21-19(23)24/h2-7,10,14,21H,8-9,11-12H2,1H3,(H,23,24)/t14-/m1/s1. The molecule has 1 aliphatic heterocycles. The monoisotopic (exact) mass is 408 g/mol. The fourth-order valence-corrected chi connectivity index (χ4v) is 5.18. The highest BCUT2D eigenvalue weighted by Crippen LogP contribution is 2.29. The molecule has 1 amide bonds. The van der Waals surface area contributed by atoms with Gasteiger partial charge < -0.3 is 10.4 Å². The average molecular weight is 409 g/mol. The largest absolute Gasteiger partial charge is 0.465 e. The minimum Gasteiger partial charge on any atom is -0.465 e. The Labute approximate surface area is 163 Å². The summed E-state index contributed by atoms with van der Waals surface area (Å²) in [6.07, 6.45) is -0.452. The molecule has 0 spiro atoms. The van der Waals surface area contributed by atoms with Crippen LogP contribution in [0.3, 0.4) is 0 Å². The van der Waals surface area contributed by atoms with Crippen molar-refractivity contribution < 1.29 is 18.3 Å². The van der Waals surface area contributed by atoms with E-state index < -0.39 is 16.1 Å². The number of nitrogens with one attached hydrogen (secondary N) is 1. The van der Waals surface area contributed by atoms with Gasteiger partial charge in [-0.05, 0) is 54.2 Å². The number of sulfonamides is 1. The lowest BCUT2D eigenvalue weighted by molar-refractivity contribution is 0.192. The molecule has 2 aromatic carbocycles. The third-order valence-electron chi connectivity index (χ3n) is 4.76. The molecule has 2 N–H and O–H groups in total. The Balaban J connectivity index is 1.79. The van der Waals surface area contributed by atoms with Gasteiger partial charge in [0.15, 0.2) is 0 Å². The molecule has 0 aromatic heterocycles. The molecule has 0 bridgehead atoms. The highest BCUT2D eigenvalue weighted by atomic mass is 35.5. The summed E-state index contributed by atoms with van der Waals surface area (Å²) < 4.78 is 27.4. The maximum Gasteiger partial charge on any atom is 0.404 e. The molecular weight excluding hydrogens is 388 g/mol. The average Bonchev–Trinajstić information content (AvgIpc) is 3.10. The van der Waals surface area contributed by atoms with Gasteiger partial charge in [-0.1, -0.05) is 35.9 Å². The van der Waals surface area contributed by atoms with Gasteiger partial charge in [-0.15, -0.1) is 0 Å². The number of carbonyl (C=O) groups is 1. The van der Waals surface area contributed by atoms with Gasteiger partial charge in [0.25, 0.3) is 0 Å². The number of amides is 1. The Morgan fingerprint density at radius 2 is 1.89 bits per heavy atom. The van der Waals surface area contributed by atoms with E-state index in [0.717, 1.165) is 11.1 Å². The van der Waals surface area contributed by atoms with Gasteiger partial charge in [0, 0.05) is 24.7 Å². The minimum absolute atomic E-state index is 0.00970. The number of rotatable bonds is 5. The molecule has 2 aromatic rings. The normalized spacial score (nSPS) is 17.8. The van der Waals surface area contributed by atoms with Crippen molar-refractivity contribution in [3.05, 3.63) is 53.1 Å². The van der Waals surface area contributed by atoms with Gasteiger partial charge in [-0.25, -0.2) is 13.2 Å². The van der Waals surface area contributed by atoms with Crippen LogP contribution in [0.15, 0.2) is 47.4 Å². The first-order valence-electron chi connectivity index (χ1n) is 8.61. The summed E-state index contributed by atoms with van der Waals surface area (Å²) in [5.41, 5.74) is 2.56. The minimum atomic E-state index is -3.61. The van der Waals surface area contributed by atoms with Crippen molar-refractivity contribution in [2.75, 3.05) is 19.6 Å². The maximum atomic E-state index is 13.0. The van der Waals surface area contributed by atoms with E-state index in [-0.39, 0.29) is 17.4 Å². The molecule has 0 aliphatic carbocycles. The predicted molar refractivity (Wildman–Crippen MR) is 105 cm³/mol. The molecule has 0 saturated carbocycles. The SMILES string of the molecule is Cc1cc(-c2ccc(Cl)cc2)ccc1S(=O)(=O)N1CC[C@H](CNC(=O)O)C1. The van der Waals surface area contributed by atoms with Crippen LogP contribution in [0.25, 0.3) is 11.1 Å². The van der Waals surface area contributed by atoms with Crippen molar-refractivity contribution in [2.45, 2.75) is 18.2 Å². The Bertz CT molecular complexity index is 945. The van der Waals surface area contributed by atoms with Crippen LogP contribution in [0.5, 0.6) is 0 Å². The van der Waals surface area contributed by atoms with E-state index in [1.54, 1.807) is 31.2 Å². The summed E-state index contributed by atoms with van der Waals surface area (Å²) in [6.45, 7) is 2.76. The molecule has 27 heavy (non-hydrogen) atoms. The summed E-state index contributed by atoms with van der Waals surface area (Å²) in [4.78, 5) is 10.9. The second-order valence-electron chi connectivity index (χ2n) is 6.69. The second-order valence-corrected chi connectivity index (χ2v) is 9.03. The molecule has 8 heteroatoms. The zero-order chi connectivity index (χ0) is 19.6. The molecular formula is C19H21ClN2O4S. The lowest BCUT2D eigenvalue weighted by Gasteiger charge is -2.18.